The average Bonchev–Trinajstić information content (AvgIpc) is 3.98. The summed E-state index contributed by atoms with van der Waals surface area (Å²) in [6, 6.07) is 0. The van der Waals surface area contributed by atoms with Crippen LogP contribution in [-0.4, -0.2) is 55.1 Å². The summed E-state index contributed by atoms with van der Waals surface area (Å²) >= 11 is 0. The maximum absolute atomic E-state index is 12.9. The molecule has 4 bridgehead atoms. The summed E-state index contributed by atoms with van der Waals surface area (Å²) in [6.45, 7) is 9.68. The molecule has 4 aliphatic carbocycles. The highest BCUT2D eigenvalue weighted by Crippen LogP contribution is 2.56. The third kappa shape index (κ3) is 6.15. The first kappa shape index (κ1) is 36.5. The fourth-order valence-corrected chi connectivity index (χ4v) is 9.79. The Labute approximate surface area is 305 Å². The second-order valence-corrected chi connectivity index (χ2v) is 15.3. The van der Waals surface area contributed by atoms with E-state index in [1.54, 1.807) is 9.13 Å². The van der Waals surface area contributed by atoms with Crippen LogP contribution < -0.4 is 22.5 Å². The van der Waals surface area contributed by atoms with Gasteiger partial charge in [0.1, 0.15) is 28.5 Å². The number of aryl methyl sites for hydroxylation is 2. The number of rotatable bonds is 11. The number of aromatic amines is 2. The number of hydrogen-bond acceptors (Lipinski definition) is 8. The van der Waals surface area contributed by atoms with Crippen molar-refractivity contribution >= 4 is 34.1 Å². The summed E-state index contributed by atoms with van der Waals surface area (Å²) in [5.41, 5.74) is 1.40. The number of allylic oxidation sites excluding steroid dienone is 1. The predicted octanol–water partition coefficient (Wildman–Crippen LogP) is 4.02. The van der Waals surface area contributed by atoms with Crippen LogP contribution in [0.4, 0.5) is 0 Å². The molecule has 4 aromatic rings. The van der Waals surface area contributed by atoms with E-state index in [1.807, 2.05) is 27.7 Å². The van der Waals surface area contributed by atoms with Crippen LogP contribution in [0.25, 0.3) is 22.3 Å². The highest BCUT2D eigenvalue weighted by molar-refractivity contribution is 5.86. The number of carboxylic acids is 1. The molecule has 15 heteroatoms. The van der Waals surface area contributed by atoms with E-state index in [2.05, 4.69) is 15.0 Å². The van der Waals surface area contributed by atoms with Crippen molar-refractivity contribution in [1.29, 1.82) is 0 Å². The van der Waals surface area contributed by atoms with Crippen LogP contribution in [-0.2, 0) is 35.8 Å². The van der Waals surface area contributed by atoms with Crippen molar-refractivity contribution in [2.45, 2.75) is 130 Å². The van der Waals surface area contributed by atoms with E-state index in [4.69, 9.17) is 10.1 Å². The highest BCUT2D eigenvalue weighted by atomic mass is 16.4. The molecule has 0 amide bonds. The van der Waals surface area contributed by atoms with Crippen LogP contribution in [0.1, 0.15) is 115 Å². The number of nitrogens with zero attached hydrogens (tertiary/aromatic N) is 6. The van der Waals surface area contributed by atoms with Crippen molar-refractivity contribution in [3.8, 4) is 0 Å². The van der Waals surface area contributed by atoms with Crippen LogP contribution in [0.3, 0.4) is 0 Å². The van der Waals surface area contributed by atoms with Gasteiger partial charge in [-0.25, -0.2) is 24.4 Å². The minimum atomic E-state index is -0.912. The average molecular weight is 731 g/mol. The van der Waals surface area contributed by atoms with Gasteiger partial charge in [-0.15, -0.1) is 0 Å². The van der Waals surface area contributed by atoms with E-state index in [-0.39, 0.29) is 46.2 Å². The Balaban J connectivity index is 0.000000165. The largest absolute Gasteiger partial charge is 0.478 e. The lowest BCUT2D eigenvalue weighted by Gasteiger charge is -2.12. The second kappa shape index (κ2) is 14.5. The van der Waals surface area contributed by atoms with Crippen molar-refractivity contribution in [3.63, 3.8) is 0 Å². The maximum atomic E-state index is 12.9. The van der Waals surface area contributed by atoms with E-state index < -0.39 is 5.97 Å². The van der Waals surface area contributed by atoms with E-state index in [9.17, 15) is 28.8 Å². The highest BCUT2D eigenvalue weighted by Gasteiger charge is 2.50. The van der Waals surface area contributed by atoms with Gasteiger partial charge in [0.2, 0.25) is 0 Å². The van der Waals surface area contributed by atoms with Gasteiger partial charge in [0.15, 0.2) is 11.3 Å². The topological polar surface area (TPSA) is 200 Å². The maximum Gasteiger partial charge on any atom is 0.332 e. The Morgan fingerprint density at radius 3 is 1.51 bits per heavy atom. The minimum absolute atomic E-state index is 0.0229. The molecule has 53 heavy (non-hydrogen) atoms. The number of ketones is 1. The smallest absolute Gasteiger partial charge is 0.332 e. The van der Waals surface area contributed by atoms with Gasteiger partial charge < -0.3 is 15.1 Å². The summed E-state index contributed by atoms with van der Waals surface area (Å²) in [7, 11) is 0. The quantitative estimate of drug-likeness (QED) is 0.191. The number of carbonyl (C=O) groups excluding carboxylic acids is 1. The van der Waals surface area contributed by atoms with Gasteiger partial charge in [-0.1, -0.05) is 33.3 Å². The fourth-order valence-electron chi connectivity index (χ4n) is 9.79. The molecular weight excluding hydrogens is 680 g/mol. The minimum Gasteiger partial charge on any atom is -0.478 e. The number of aromatic nitrogens is 8. The molecule has 0 radical (unpaired) electrons. The van der Waals surface area contributed by atoms with Crippen molar-refractivity contribution in [3.05, 3.63) is 65.0 Å². The van der Waals surface area contributed by atoms with Gasteiger partial charge in [-0.2, -0.15) is 0 Å². The van der Waals surface area contributed by atoms with Crippen LogP contribution in [0.5, 0.6) is 0 Å². The number of carbonyl (C=O) groups is 2. The van der Waals surface area contributed by atoms with Gasteiger partial charge in [-0.3, -0.25) is 32.7 Å². The van der Waals surface area contributed by atoms with Gasteiger partial charge >= 0.3 is 17.3 Å². The van der Waals surface area contributed by atoms with E-state index in [1.165, 1.54) is 15.2 Å². The van der Waals surface area contributed by atoms with Crippen molar-refractivity contribution in [2.75, 3.05) is 0 Å². The third-order valence-electron chi connectivity index (χ3n) is 11.9. The molecule has 15 nitrogen and oxygen atoms in total. The van der Waals surface area contributed by atoms with Crippen molar-refractivity contribution in [1.82, 2.24) is 38.2 Å². The predicted molar refractivity (Wildman–Crippen MR) is 198 cm³/mol. The molecule has 284 valence electrons. The molecule has 0 saturated heterocycles. The number of nitrogens with one attached hydrogen (secondary N) is 2. The fraction of sp³-hybridized carbons (Fsp3) is 0.632. The molecule has 4 saturated carbocycles. The summed E-state index contributed by atoms with van der Waals surface area (Å²) in [5, 5.41) is 9.13. The summed E-state index contributed by atoms with van der Waals surface area (Å²) in [4.78, 5) is 90.3. The standard InChI is InChI=1S/C20H26N4O4.C18H24N4O3/c1-3-7-23-18-16(19(27)24(8-4-2)20(23)28)21-17(22-18)15-11-5-6-13(15)12(9-11)10-14(25)26;1-3-7-21-16-14(17(24)22(8-4-2)18(21)25)19-15(20-16)13-10-5-6-11(13)12(23)9-10/h10-11,13,15H,3-9H2,1-2H3,(H,21,22)(H,25,26);10-11,13H,3-9H2,1-2H3,(H,19,20). The van der Waals surface area contributed by atoms with Gasteiger partial charge in [0, 0.05) is 56.4 Å². The Kier molecular flexibility index (Phi) is 10.0. The molecule has 6 atom stereocenters. The van der Waals surface area contributed by atoms with Crippen LogP contribution >= 0.6 is 0 Å². The van der Waals surface area contributed by atoms with E-state index >= 15 is 0 Å². The molecule has 6 unspecified atom stereocenters. The lowest BCUT2D eigenvalue weighted by atomic mass is 9.93. The molecule has 4 aromatic heterocycles. The summed E-state index contributed by atoms with van der Waals surface area (Å²) in [6.07, 6.45) is 9.61. The summed E-state index contributed by atoms with van der Waals surface area (Å²) in [5.74, 6) is 1.81. The number of H-pyrrole nitrogens is 2. The van der Waals surface area contributed by atoms with Crippen LogP contribution in [0, 0.1) is 23.7 Å². The van der Waals surface area contributed by atoms with Gasteiger partial charge in [0.25, 0.3) is 11.1 Å². The van der Waals surface area contributed by atoms with Crippen molar-refractivity contribution in [2.24, 2.45) is 23.7 Å². The molecule has 0 aromatic carbocycles. The van der Waals surface area contributed by atoms with Crippen LogP contribution in [0.15, 0.2) is 30.8 Å². The monoisotopic (exact) mass is 730 g/mol. The first-order valence-corrected chi connectivity index (χ1v) is 19.4. The molecule has 4 aliphatic rings. The normalized spacial score (nSPS) is 25.3. The van der Waals surface area contributed by atoms with Gasteiger partial charge in [0.05, 0.1) is 0 Å². The number of Topliss-reactive ketones (excluding diaryl/α,β-unsaturated/α-hetero) is 1. The first-order valence-electron chi connectivity index (χ1n) is 19.4. The van der Waals surface area contributed by atoms with E-state index in [0.717, 1.165) is 56.9 Å². The molecule has 4 fully saturated rings. The number of aliphatic carboxylic acids is 1. The Hall–Kier alpha value is -4.82. The lowest BCUT2D eigenvalue weighted by Crippen LogP contribution is -2.40. The third-order valence-corrected chi connectivity index (χ3v) is 11.9. The molecule has 0 spiro atoms. The SMILES string of the molecule is CCCn1c(=O)c2[nH]c(C3C4CCC3C(=CC(=O)O)C4)nc2n(CCC)c1=O.CCCn1c(=O)c2[nH]c(C3C4CCC3C(=O)C4)nc2n(CCC)c1=O. The van der Waals surface area contributed by atoms with Crippen molar-refractivity contribution < 1.29 is 14.7 Å². The molecule has 4 heterocycles. The zero-order valence-corrected chi connectivity index (χ0v) is 31.0. The van der Waals surface area contributed by atoms with Gasteiger partial charge in [-0.05, 0) is 75.5 Å². The second-order valence-electron chi connectivity index (χ2n) is 15.3. The lowest BCUT2D eigenvalue weighted by molar-refractivity contribution is -0.131. The Morgan fingerprint density at radius 1 is 0.660 bits per heavy atom. The molecular formula is C38H50N8O7. The zero-order valence-electron chi connectivity index (χ0n) is 31.0. The van der Waals surface area contributed by atoms with E-state index in [0.29, 0.717) is 90.6 Å². The first-order chi connectivity index (χ1) is 25.5. The number of fused-ring (bicyclic) bond motifs is 6. The Bertz CT molecular complexity index is 2350. The zero-order chi connectivity index (χ0) is 37.7. The number of imidazole rings is 2. The van der Waals surface area contributed by atoms with Crippen LogP contribution in [0.2, 0.25) is 0 Å². The Morgan fingerprint density at radius 2 is 1.09 bits per heavy atom. The number of carboxylic acid groups (broad SMARTS) is 1. The molecule has 0 aliphatic heterocycles. The molecule has 3 N–H and O–H groups in total. The molecule has 8 rings (SSSR count). The summed E-state index contributed by atoms with van der Waals surface area (Å²) < 4.78 is 5.79. The number of hydrogen-bond donors (Lipinski definition) is 3.